The monoisotopic (exact) mass is 320 g/mol. The number of carbonyl (C=O) groups excluding carboxylic acids is 2. The molecule has 2 unspecified atom stereocenters. The minimum absolute atomic E-state index is 0.294. The first-order valence-corrected chi connectivity index (χ1v) is 6.36. The van der Waals surface area contributed by atoms with Crippen LogP contribution >= 0.6 is 0 Å². The predicted octanol–water partition coefficient (Wildman–Crippen LogP) is 2.27. The van der Waals surface area contributed by atoms with Gasteiger partial charge in [0, 0.05) is 13.0 Å². The summed E-state index contributed by atoms with van der Waals surface area (Å²) in [5.41, 5.74) is -1.90. The van der Waals surface area contributed by atoms with E-state index in [0.29, 0.717) is 12.7 Å². The van der Waals surface area contributed by atoms with Gasteiger partial charge in [-0.05, 0) is 6.42 Å². The largest absolute Gasteiger partial charge is 0.460 e. The van der Waals surface area contributed by atoms with E-state index in [1.54, 1.807) is 0 Å². The van der Waals surface area contributed by atoms with Crippen LogP contribution in [0.2, 0.25) is 0 Å². The normalized spacial score (nSPS) is 19.9. The molecule has 0 bridgehead atoms. The number of esters is 1. The van der Waals surface area contributed by atoms with Gasteiger partial charge in [-0.2, -0.15) is 0 Å². The molecule has 0 aromatic heterocycles. The summed E-state index contributed by atoms with van der Waals surface area (Å²) in [5, 5.41) is 0. The molecule has 22 heavy (non-hydrogen) atoms. The van der Waals surface area contributed by atoms with Gasteiger partial charge >= 0.3 is 5.97 Å². The Morgan fingerprint density at radius 3 is 2.00 bits per heavy atom. The fourth-order valence-electron chi connectivity index (χ4n) is 2.01. The van der Waals surface area contributed by atoms with Gasteiger partial charge in [0.2, 0.25) is 0 Å². The highest BCUT2D eigenvalue weighted by Crippen LogP contribution is 2.37. The minimum atomic E-state index is -1.64. The Labute approximate surface area is 123 Å². The first-order chi connectivity index (χ1) is 10.4. The van der Waals surface area contributed by atoms with Crippen molar-refractivity contribution in [1.29, 1.82) is 0 Å². The zero-order chi connectivity index (χ0) is 16.4. The van der Waals surface area contributed by atoms with Gasteiger partial charge in [0.05, 0.1) is 23.7 Å². The summed E-state index contributed by atoms with van der Waals surface area (Å²) in [6.07, 6.45) is 0.870. The summed E-state index contributed by atoms with van der Waals surface area (Å²) >= 11 is 0. The van der Waals surface area contributed by atoms with Crippen LogP contribution in [0.5, 0.6) is 0 Å². The number of aldehydes is 1. The molecule has 4 nitrogen and oxygen atoms in total. The van der Waals surface area contributed by atoms with Crippen LogP contribution < -0.4 is 0 Å². The molecular formula is C14H12F4O4. The van der Waals surface area contributed by atoms with E-state index in [9.17, 15) is 27.2 Å². The maximum atomic E-state index is 13.8. The predicted molar refractivity (Wildman–Crippen MR) is 64.4 cm³/mol. The Morgan fingerprint density at radius 1 is 1.09 bits per heavy atom. The number of methoxy groups -OCH3 is 1. The highest BCUT2D eigenvalue weighted by molar-refractivity contribution is 5.81. The molecule has 0 aliphatic heterocycles. The average Bonchev–Trinajstić information content (AvgIpc) is 3.29. The van der Waals surface area contributed by atoms with Crippen molar-refractivity contribution in [2.24, 2.45) is 11.8 Å². The molecule has 1 saturated carbocycles. The summed E-state index contributed by atoms with van der Waals surface area (Å²) in [5.74, 6) is -8.43. The van der Waals surface area contributed by atoms with Crippen molar-refractivity contribution < 1.29 is 36.6 Å². The van der Waals surface area contributed by atoms with Crippen molar-refractivity contribution in [3.8, 4) is 0 Å². The highest BCUT2D eigenvalue weighted by atomic mass is 19.2. The van der Waals surface area contributed by atoms with Gasteiger partial charge in [0.1, 0.15) is 12.9 Å². The van der Waals surface area contributed by atoms with Crippen molar-refractivity contribution >= 4 is 12.3 Å². The SMILES string of the molecule is COCc1c(F)c(F)c(COC(=O)C2CC2C=O)c(F)c1F. The number of hydrogen-bond donors (Lipinski definition) is 0. The lowest BCUT2D eigenvalue weighted by atomic mass is 10.1. The topological polar surface area (TPSA) is 52.6 Å². The van der Waals surface area contributed by atoms with Crippen molar-refractivity contribution in [3.05, 3.63) is 34.4 Å². The molecule has 0 saturated heterocycles. The molecule has 0 radical (unpaired) electrons. The van der Waals surface area contributed by atoms with E-state index in [1.165, 1.54) is 0 Å². The Balaban J connectivity index is 2.17. The third kappa shape index (κ3) is 2.96. The maximum absolute atomic E-state index is 13.8. The van der Waals surface area contributed by atoms with Crippen LogP contribution in [0.25, 0.3) is 0 Å². The van der Waals surface area contributed by atoms with Crippen LogP contribution in [0.1, 0.15) is 17.5 Å². The molecule has 1 aromatic rings. The van der Waals surface area contributed by atoms with Crippen LogP contribution in [-0.2, 0) is 32.3 Å². The third-order valence-corrected chi connectivity index (χ3v) is 3.41. The average molecular weight is 320 g/mol. The van der Waals surface area contributed by atoms with Crippen molar-refractivity contribution in [1.82, 2.24) is 0 Å². The molecule has 1 aliphatic rings. The van der Waals surface area contributed by atoms with Gasteiger partial charge in [-0.15, -0.1) is 0 Å². The zero-order valence-electron chi connectivity index (χ0n) is 11.5. The molecule has 8 heteroatoms. The fraction of sp³-hybridized carbons (Fsp3) is 0.429. The zero-order valence-corrected chi connectivity index (χ0v) is 11.5. The first-order valence-electron chi connectivity index (χ1n) is 6.36. The molecule has 1 fully saturated rings. The van der Waals surface area contributed by atoms with E-state index in [0.717, 1.165) is 7.11 Å². The number of rotatable bonds is 6. The molecular weight excluding hydrogens is 308 g/mol. The van der Waals surface area contributed by atoms with Crippen LogP contribution in [0.15, 0.2) is 0 Å². The second kappa shape index (κ2) is 6.43. The quantitative estimate of drug-likeness (QED) is 0.349. The van der Waals surface area contributed by atoms with E-state index in [2.05, 4.69) is 9.47 Å². The molecule has 0 heterocycles. The maximum Gasteiger partial charge on any atom is 0.310 e. The Bertz CT molecular complexity index is 588. The Hall–Kier alpha value is -1.96. The number of hydrogen-bond acceptors (Lipinski definition) is 4. The second-order valence-electron chi connectivity index (χ2n) is 4.90. The number of halogens is 4. The van der Waals surface area contributed by atoms with E-state index in [1.807, 2.05) is 0 Å². The van der Waals surface area contributed by atoms with Crippen LogP contribution in [0.4, 0.5) is 17.6 Å². The van der Waals surface area contributed by atoms with Gasteiger partial charge in [-0.3, -0.25) is 4.79 Å². The summed E-state index contributed by atoms with van der Waals surface area (Å²) in [4.78, 5) is 21.9. The van der Waals surface area contributed by atoms with E-state index in [4.69, 9.17) is 0 Å². The van der Waals surface area contributed by atoms with Crippen LogP contribution in [-0.4, -0.2) is 19.4 Å². The molecule has 1 aromatic carbocycles. The fourth-order valence-corrected chi connectivity index (χ4v) is 2.01. The number of ether oxygens (including phenoxy) is 2. The molecule has 120 valence electrons. The first kappa shape index (κ1) is 16.4. The van der Waals surface area contributed by atoms with Gasteiger partial charge in [-0.1, -0.05) is 0 Å². The Morgan fingerprint density at radius 2 is 1.59 bits per heavy atom. The van der Waals surface area contributed by atoms with Crippen LogP contribution in [0, 0.1) is 35.1 Å². The van der Waals surface area contributed by atoms with E-state index < -0.39 is 65.4 Å². The van der Waals surface area contributed by atoms with Crippen molar-refractivity contribution in [2.75, 3.05) is 7.11 Å². The van der Waals surface area contributed by atoms with Crippen molar-refractivity contribution in [3.63, 3.8) is 0 Å². The Kier molecular flexibility index (Phi) is 4.80. The lowest BCUT2D eigenvalue weighted by Gasteiger charge is -2.12. The van der Waals surface area contributed by atoms with Crippen molar-refractivity contribution in [2.45, 2.75) is 19.6 Å². The minimum Gasteiger partial charge on any atom is -0.460 e. The molecule has 0 spiro atoms. The lowest BCUT2D eigenvalue weighted by Crippen LogP contribution is -2.14. The summed E-state index contributed by atoms with van der Waals surface area (Å²) in [6, 6.07) is 0. The van der Waals surface area contributed by atoms with Crippen LogP contribution in [0.3, 0.4) is 0 Å². The standard InChI is InChI=1S/C14H12F4O4/c1-21-4-8-10(15)12(17)9(13(18)11(8)16)5-22-14(20)7-2-6(7)3-19/h3,6-7H,2,4-5H2,1H3. The van der Waals surface area contributed by atoms with Gasteiger partial charge in [0.25, 0.3) is 0 Å². The highest BCUT2D eigenvalue weighted by Gasteiger charge is 2.44. The van der Waals surface area contributed by atoms with Gasteiger partial charge < -0.3 is 14.3 Å². The summed E-state index contributed by atoms with van der Waals surface area (Å²) in [7, 11) is 1.11. The lowest BCUT2D eigenvalue weighted by molar-refractivity contribution is -0.147. The molecule has 0 N–H and O–H groups in total. The van der Waals surface area contributed by atoms with E-state index >= 15 is 0 Å². The summed E-state index contributed by atoms with van der Waals surface area (Å²) < 4.78 is 63.9. The third-order valence-electron chi connectivity index (χ3n) is 3.41. The van der Waals surface area contributed by atoms with E-state index in [-0.39, 0.29) is 0 Å². The number of carbonyl (C=O) groups is 2. The second-order valence-corrected chi connectivity index (χ2v) is 4.90. The molecule has 2 atom stereocenters. The summed E-state index contributed by atoms with van der Waals surface area (Å²) in [6.45, 7) is -1.60. The molecule has 2 rings (SSSR count). The smallest absolute Gasteiger partial charge is 0.310 e. The van der Waals surface area contributed by atoms with Gasteiger partial charge in [-0.25, -0.2) is 17.6 Å². The molecule has 1 aliphatic carbocycles. The van der Waals surface area contributed by atoms with Gasteiger partial charge in [0.15, 0.2) is 23.3 Å². The molecule has 0 amide bonds. The number of benzene rings is 1.